The number of nitrogens with two attached hydrogens (primary N) is 1. The number of ether oxygens (including phenoxy) is 2. The first-order chi connectivity index (χ1) is 9.60. The van der Waals surface area contributed by atoms with Crippen molar-refractivity contribution >= 4 is 15.9 Å². The molecule has 20 heavy (non-hydrogen) atoms. The minimum Gasteiger partial charge on any atom is -0.497 e. The molecular weight excluding hydrogens is 318 g/mol. The molecule has 0 aliphatic rings. The van der Waals surface area contributed by atoms with Crippen LogP contribution in [0.2, 0.25) is 0 Å². The maximum absolute atomic E-state index is 6.07. The van der Waals surface area contributed by atoms with Gasteiger partial charge in [-0.3, -0.25) is 0 Å². The molecule has 0 saturated carbocycles. The summed E-state index contributed by atoms with van der Waals surface area (Å²) in [6.07, 6.45) is -0.209. The maximum atomic E-state index is 6.07. The third kappa shape index (κ3) is 3.74. The molecule has 0 heterocycles. The molecular formula is C16H18BrNO2. The van der Waals surface area contributed by atoms with E-state index in [0.717, 1.165) is 21.5 Å². The van der Waals surface area contributed by atoms with Crippen molar-refractivity contribution in [3.05, 3.63) is 58.6 Å². The van der Waals surface area contributed by atoms with Gasteiger partial charge in [-0.25, -0.2) is 0 Å². The van der Waals surface area contributed by atoms with Crippen molar-refractivity contribution < 1.29 is 9.47 Å². The van der Waals surface area contributed by atoms with Crippen molar-refractivity contribution in [1.82, 2.24) is 0 Å². The van der Waals surface area contributed by atoms with Gasteiger partial charge >= 0.3 is 0 Å². The highest BCUT2D eigenvalue weighted by atomic mass is 79.9. The van der Waals surface area contributed by atoms with Gasteiger partial charge in [0.25, 0.3) is 0 Å². The third-order valence-corrected chi connectivity index (χ3v) is 3.45. The Labute approximate surface area is 127 Å². The summed E-state index contributed by atoms with van der Waals surface area (Å²) in [6.45, 7) is 1.94. The van der Waals surface area contributed by atoms with E-state index in [2.05, 4.69) is 15.9 Å². The van der Waals surface area contributed by atoms with E-state index in [0.29, 0.717) is 0 Å². The largest absolute Gasteiger partial charge is 0.497 e. The number of hydrogen-bond donors (Lipinski definition) is 1. The van der Waals surface area contributed by atoms with E-state index < -0.39 is 0 Å². The second-order valence-electron chi connectivity index (χ2n) is 4.63. The molecule has 0 bridgehead atoms. The molecule has 0 amide bonds. The van der Waals surface area contributed by atoms with Gasteiger partial charge in [0.05, 0.1) is 7.11 Å². The summed E-state index contributed by atoms with van der Waals surface area (Å²) >= 11 is 3.47. The van der Waals surface area contributed by atoms with E-state index in [1.807, 2.05) is 55.5 Å². The molecule has 106 valence electrons. The topological polar surface area (TPSA) is 44.5 Å². The summed E-state index contributed by atoms with van der Waals surface area (Å²) in [5.41, 5.74) is 7.10. The van der Waals surface area contributed by atoms with Gasteiger partial charge in [-0.2, -0.15) is 0 Å². The van der Waals surface area contributed by atoms with E-state index in [1.165, 1.54) is 0 Å². The van der Waals surface area contributed by atoms with Gasteiger partial charge in [-0.1, -0.05) is 34.1 Å². The number of halogens is 1. The Balaban J connectivity index is 2.25. The Morgan fingerprint density at radius 3 is 2.40 bits per heavy atom. The van der Waals surface area contributed by atoms with Crippen LogP contribution in [-0.2, 0) is 0 Å². The van der Waals surface area contributed by atoms with Crippen molar-refractivity contribution in [3.8, 4) is 11.5 Å². The first kappa shape index (κ1) is 14.9. The number of hydrogen-bond acceptors (Lipinski definition) is 3. The molecule has 2 atom stereocenters. The fraction of sp³-hybridized carbons (Fsp3) is 0.250. The molecule has 2 N–H and O–H groups in total. The van der Waals surface area contributed by atoms with Gasteiger partial charge in [-0.05, 0) is 36.8 Å². The van der Waals surface area contributed by atoms with Crippen molar-refractivity contribution in [1.29, 1.82) is 0 Å². The van der Waals surface area contributed by atoms with E-state index in [4.69, 9.17) is 15.2 Å². The van der Waals surface area contributed by atoms with Crippen LogP contribution in [-0.4, -0.2) is 13.2 Å². The Kier molecular flexibility index (Phi) is 5.04. The van der Waals surface area contributed by atoms with Crippen molar-refractivity contribution in [3.63, 3.8) is 0 Å². The molecule has 2 aromatic carbocycles. The third-order valence-electron chi connectivity index (χ3n) is 2.96. The second-order valence-corrected chi connectivity index (χ2v) is 5.55. The Morgan fingerprint density at radius 1 is 1.05 bits per heavy atom. The Hall–Kier alpha value is -1.52. The summed E-state index contributed by atoms with van der Waals surface area (Å²) in [5, 5.41) is 0. The monoisotopic (exact) mass is 335 g/mol. The van der Waals surface area contributed by atoms with Crippen LogP contribution < -0.4 is 15.2 Å². The average molecular weight is 336 g/mol. The molecule has 0 spiro atoms. The standard InChI is InChI=1S/C16H18BrNO2/c1-11(18)16(12-5-3-6-13(17)9-12)20-15-8-4-7-14(10-15)19-2/h3-11,16H,18H2,1-2H3. The van der Waals surface area contributed by atoms with Gasteiger partial charge < -0.3 is 15.2 Å². The quantitative estimate of drug-likeness (QED) is 0.900. The molecule has 2 rings (SSSR count). The number of benzene rings is 2. The zero-order valence-corrected chi connectivity index (χ0v) is 13.1. The maximum Gasteiger partial charge on any atom is 0.138 e. The molecule has 0 saturated heterocycles. The Morgan fingerprint density at radius 2 is 1.75 bits per heavy atom. The van der Waals surface area contributed by atoms with Crippen molar-refractivity contribution in [2.75, 3.05) is 7.11 Å². The number of rotatable bonds is 5. The van der Waals surface area contributed by atoms with Crippen LogP contribution in [0.3, 0.4) is 0 Å². The molecule has 0 aliphatic heterocycles. The first-order valence-corrected chi connectivity index (χ1v) is 7.21. The molecule has 3 nitrogen and oxygen atoms in total. The van der Waals surface area contributed by atoms with Crippen LogP contribution in [0.25, 0.3) is 0 Å². The van der Waals surface area contributed by atoms with E-state index >= 15 is 0 Å². The number of methoxy groups -OCH3 is 1. The van der Waals surface area contributed by atoms with Gasteiger partial charge in [0, 0.05) is 16.6 Å². The zero-order valence-electron chi connectivity index (χ0n) is 11.5. The van der Waals surface area contributed by atoms with E-state index in [-0.39, 0.29) is 12.1 Å². The predicted octanol–water partition coefficient (Wildman–Crippen LogP) is 3.93. The van der Waals surface area contributed by atoms with Crippen LogP contribution in [0.1, 0.15) is 18.6 Å². The van der Waals surface area contributed by atoms with Crippen LogP contribution in [0, 0.1) is 0 Å². The van der Waals surface area contributed by atoms with Crippen LogP contribution in [0.15, 0.2) is 53.0 Å². The van der Waals surface area contributed by atoms with E-state index in [1.54, 1.807) is 7.11 Å². The summed E-state index contributed by atoms with van der Waals surface area (Å²) in [4.78, 5) is 0. The second kappa shape index (κ2) is 6.77. The summed E-state index contributed by atoms with van der Waals surface area (Å²) in [6, 6.07) is 15.4. The molecule has 0 fully saturated rings. The molecule has 2 unspecified atom stereocenters. The van der Waals surface area contributed by atoms with Crippen LogP contribution in [0.5, 0.6) is 11.5 Å². The highest BCUT2D eigenvalue weighted by molar-refractivity contribution is 9.10. The van der Waals surface area contributed by atoms with Crippen molar-refractivity contribution in [2.45, 2.75) is 19.1 Å². The lowest BCUT2D eigenvalue weighted by Gasteiger charge is -2.23. The minimum atomic E-state index is -0.209. The molecule has 0 aromatic heterocycles. The minimum absolute atomic E-state index is 0.129. The van der Waals surface area contributed by atoms with Crippen LogP contribution in [0.4, 0.5) is 0 Å². The lowest BCUT2D eigenvalue weighted by Crippen LogP contribution is -2.29. The normalized spacial score (nSPS) is 13.6. The van der Waals surface area contributed by atoms with E-state index in [9.17, 15) is 0 Å². The van der Waals surface area contributed by atoms with Gasteiger partial charge in [-0.15, -0.1) is 0 Å². The molecule has 2 aromatic rings. The average Bonchev–Trinajstić information content (AvgIpc) is 2.44. The smallest absolute Gasteiger partial charge is 0.138 e. The fourth-order valence-corrected chi connectivity index (χ4v) is 2.40. The lowest BCUT2D eigenvalue weighted by molar-refractivity contribution is 0.180. The Bertz CT molecular complexity index is 572. The van der Waals surface area contributed by atoms with Crippen molar-refractivity contribution in [2.24, 2.45) is 5.73 Å². The molecule has 4 heteroatoms. The van der Waals surface area contributed by atoms with Gasteiger partial charge in [0.15, 0.2) is 0 Å². The zero-order chi connectivity index (χ0) is 14.5. The van der Waals surface area contributed by atoms with Crippen LogP contribution >= 0.6 is 15.9 Å². The highest BCUT2D eigenvalue weighted by Gasteiger charge is 2.18. The fourth-order valence-electron chi connectivity index (χ4n) is 1.98. The molecule has 0 aliphatic carbocycles. The first-order valence-electron chi connectivity index (χ1n) is 6.42. The summed E-state index contributed by atoms with van der Waals surface area (Å²) in [5.74, 6) is 1.51. The predicted molar refractivity (Wildman–Crippen MR) is 84.2 cm³/mol. The van der Waals surface area contributed by atoms with Gasteiger partial charge in [0.2, 0.25) is 0 Å². The molecule has 0 radical (unpaired) electrons. The lowest BCUT2D eigenvalue weighted by atomic mass is 10.0. The summed E-state index contributed by atoms with van der Waals surface area (Å²) < 4.78 is 12.2. The summed E-state index contributed by atoms with van der Waals surface area (Å²) in [7, 11) is 1.64. The highest BCUT2D eigenvalue weighted by Crippen LogP contribution is 2.28. The SMILES string of the molecule is COc1cccc(OC(c2cccc(Br)c2)C(C)N)c1. The van der Waals surface area contributed by atoms with Gasteiger partial charge in [0.1, 0.15) is 17.6 Å².